The number of carbonyl (C=O) groups is 2. The number of rotatable bonds is 8. The minimum atomic E-state index is -0.979. The SMILES string of the molecule is CC(C)CC(=O)N1CC(Oc2ccc3ncccc3c2)CC1COc1ccc(C(=O)O)cc1. The molecule has 172 valence electrons. The number of likely N-dealkylation sites (tertiary alicyclic amines) is 1. The Morgan fingerprint density at radius 2 is 1.88 bits per heavy atom. The maximum atomic E-state index is 12.9. The van der Waals surface area contributed by atoms with Crippen molar-refractivity contribution in [1.29, 1.82) is 0 Å². The summed E-state index contributed by atoms with van der Waals surface area (Å²) in [5.41, 5.74) is 1.11. The van der Waals surface area contributed by atoms with Gasteiger partial charge < -0.3 is 19.5 Å². The molecule has 0 bridgehead atoms. The van der Waals surface area contributed by atoms with Gasteiger partial charge in [-0.15, -0.1) is 0 Å². The Kier molecular flexibility index (Phi) is 6.77. The zero-order valence-electron chi connectivity index (χ0n) is 18.8. The third kappa shape index (κ3) is 5.61. The normalized spacial score (nSPS) is 18.0. The highest BCUT2D eigenvalue weighted by Gasteiger charge is 2.37. The Morgan fingerprint density at radius 3 is 2.61 bits per heavy atom. The molecule has 0 spiro atoms. The second-order valence-electron chi connectivity index (χ2n) is 8.77. The van der Waals surface area contributed by atoms with Gasteiger partial charge in [-0.25, -0.2) is 4.79 Å². The van der Waals surface area contributed by atoms with E-state index in [0.717, 1.165) is 16.7 Å². The lowest BCUT2D eigenvalue weighted by Gasteiger charge is -2.25. The Labute approximate surface area is 193 Å². The first-order valence-electron chi connectivity index (χ1n) is 11.2. The van der Waals surface area contributed by atoms with Crippen LogP contribution >= 0.6 is 0 Å². The molecule has 4 rings (SSSR count). The highest BCUT2D eigenvalue weighted by molar-refractivity contribution is 5.87. The average molecular weight is 449 g/mol. The summed E-state index contributed by atoms with van der Waals surface area (Å²) in [6.45, 7) is 4.88. The molecular formula is C26H28N2O5. The van der Waals surface area contributed by atoms with Gasteiger partial charge in [-0.3, -0.25) is 9.78 Å². The number of hydrogen-bond acceptors (Lipinski definition) is 5. The molecule has 1 amide bonds. The van der Waals surface area contributed by atoms with E-state index >= 15 is 0 Å². The molecule has 0 aliphatic carbocycles. The fourth-order valence-electron chi connectivity index (χ4n) is 4.09. The van der Waals surface area contributed by atoms with Crippen LogP contribution in [0.2, 0.25) is 0 Å². The van der Waals surface area contributed by atoms with Crippen molar-refractivity contribution >= 4 is 22.8 Å². The van der Waals surface area contributed by atoms with Crippen molar-refractivity contribution in [2.45, 2.75) is 38.8 Å². The van der Waals surface area contributed by atoms with Gasteiger partial charge in [0.05, 0.1) is 23.7 Å². The summed E-state index contributed by atoms with van der Waals surface area (Å²) >= 11 is 0. The molecule has 1 aliphatic rings. The van der Waals surface area contributed by atoms with Crippen LogP contribution in [0.3, 0.4) is 0 Å². The van der Waals surface area contributed by atoms with Crippen molar-refractivity contribution < 1.29 is 24.2 Å². The largest absolute Gasteiger partial charge is 0.491 e. The predicted octanol–water partition coefficient (Wildman–Crippen LogP) is 4.41. The number of aromatic nitrogens is 1. The van der Waals surface area contributed by atoms with Gasteiger partial charge in [0.2, 0.25) is 5.91 Å². The zero-order chi connectivity index (χ0) is 23.4. The Balaban J connectivity index is 1.44. The van der Waals surface area contributed by atoms with E-state index in [0.29, 0.717) is 31.7 Å². The van der Waals surface area contributed by atoms with E-state index in [-0.39, 0.29) is 29.5 Å². The van der Waals surface area contributed by atoms with Crippen LogP contribution in [0.5, 0.6) is 11.5 Å². The first-order valence-corrected chi connectivity index (χ1v) is 11.2. The Hall–Kier alpha value is -3.61. The summed E-state index contributed by atoms with van der Waals surface area (Å²) < 4.78 is 12.2. The molecule has 2 aromatic carbocycles. The molecule has 1 fully saturated rings. The number of nitrogens with zero attached hydrogens (tertiary/aromatic N) is 2. The van der Waals surface area contributed by atoms with Gasteiger partial charge >= 0.3 is 5.97 Å². The summed E-state index contributed by atoms with van der Waals surface area (Å²) in [4.78, 5) is 30.2. The van der Waals surface area contributed by atoms with Gasteiger partial charge in [0.25, 0.3) is 0 Å². The fourth-order valence-corrected chi connectivity index (χ4v) is 4.09. The quantitative estimate of drug-likeness (QED) is 0.549. The third-order valence-electron chi connectivity index (χ3n) is 5.70. The molecule has 1 N–H and O–H groups in total. The van der Waals surface area contributed by atoms with Crippen LogP contribution in [0.15, 0.2) is 60.8 Å². The van der Waals surface area contributed by atoms with E-state index in [1.165, 1.54) is 12.1 Å². The highest BCUT2D eigenvalue weighted by atomic mass is 16.5. The number of hydrogen-bond donors (Lipinski definition) is 1. The number of carbonyl (C=O) groups excluding carboxylic acids is 1. The van der Waals surface area contributed by atoms with Gasteiger partial charge in [-0.2, -0.15) is 0 Å². The van der Waals surface area contributed by atoms with Crippen LogP contribution in [0.1, 0.15) is 37.0 Å². The summed E-state index contributed by atoms with van der Waals surface area (Å²) in [7, 11) is 0. The first kappa shape index (κ1) is 22.6. The maximum Gasteiger partial charge on any atom is 0.335 e. The van der Waals surface area contributed by atoms with E-state index in [1.54, 1.807) is 18.3 Å². The molecule has 33 heavy (non-hydrogen) atoms. The van der Waals surface area contributed by atoms with Crippen LogP contribution < -0.4 is 9.47 Å². The summed E-state index contributed by atoms with van der Waals surface area (Å²) in [6, 6.07) is 15.9. The fraction of sp³-hybridized carbons (Fsp3) is 0.346. The van der Waals surface area contributed by atoms with Crippen LogP contribution in [0, 0.1) is 5.92 Å². The molecule has 2 unspecified atom stereocenters. The standard InChI is InChI=1S/C26H28N2O5/c1-17(2)12-25(29)28-15-23(33-22-9-10-24-19(13-22)4-3-11-27-24)14-20(28)16-32-21-7-5-18(6-8-21)26(30)31/h3-11,13,17,20,23H,12,14-16H2,1-2H3,(H,30,31). The van der Waals surface area contributed by atoms with Crippen molar-refractivity contribution in [3.05, 3.63) is 66.4 Å². The van der Waals surface area contributed by atoms with Gasteiger partial charge in [0.15, 0.2) is 0 Å². The molecule has 1 aliphatic heterocycles. The predicted molar refractivity (Wildman–Crippen MR) is 125 cm³/mol. The molecule has 0 saturated carbocycles. The molecule has 1 aromatic heterocycles. The lowest BCUT2D eigenvalue weighted by atomic mass is 10.1. The number of pyridine rings is 1. The van der Waals surface area contributed by atoms with Crippen LogP contribution in [-0.4, -0.2) is 52.2 Å². The highest BCUT2D eigenvalue weighted by Crippen LogP contribution is 2.27. The number of aromatic carboxylic acids is 1. The number of carboxylic acid groups (broad SMARTS) is 1. The van der Waals surface area contributed by atoms with E-state index in [1.807, 2.05) is 49.1 Å². The minimum absolute atomic E-state index is 0.0913. The van der Waals surface area contributed by atoms with E-state index in [9.17, 15) is 9.59 Å². The molecule has 2 atom stereocenters. The molecule has 0 radical (unpaired) electrons. The van der Waals surface area contributed by atoms with Crippen molar-refractivity contribution in [2.24, 2.45) is 5.92 Å². The molecular weight excluding hydrogens is 420 g/mol. The van der Waals surface area contributed by atoms with Gasteiger partial charge in [-0.05, 0) is 54.4 Å². The van der Waals surface area contributed by atoms with Crippen LogP contribution in [0.4, 0.5) is 0 Å². The maximum absolute atomic E-state index is 12.9. The smallest absolute Gasteiger partial charge is 0.335 e. The number of benzene rings is 2. The van der Waals surface area contributed by atoms with Crippen molar-refractivity contribution in [2.75, 3.05) is 13.2 Å². The second kappa shape index (κ2) is 9.90. The van der Waals surface area contributed by atoms with Crippen molar-refractivity contribution in [1.82, 2.24) is 9.88 Å². The van der Waals surface area contributed by atoms with Crippen LogP contribution in [0.25, 0.3) is 10.9 Å². The van der Waals surface area contributed by atoms with E-state index in [4.69, 9.17) is 14.6 Å². The molecule has 2 heterocycles. The number of amides is 1. The number of fused-ring (bicyclic) bond motifs is 1. The summed E-state index contributed by atoms with van der Waals surface area (Å²) in [5, 5.41) is 10.1. The minimum Gasteiger partial charge on any atom is -0.491 e. The molecule has 7 heteroatoms. The van der Waals surface area contributed by atoms with E-state index < -0.39 is 5.97 Å². The van der Waals surface area contributed by atoms with Crippen molar-refractivity contribution in [3.8, 4) is 11.5 Å². The summed E-state index contributed by atoms with van der Waals surface area (Å²) in [6.07, 6.45) is 2.75. The molecule has 7 nitrogen and oxygen atoms in total. The first-order chi connectivity index (χ1) is 15.9. The number of carboxylic acids is 1. The summed E-state index contributed by atoms with van der Waals surface area (Å²) in [5.74, 6) is 0.696. The second-order valence-corrected chi connectivity index (χ2v) is 8.77. The average Bonchev–Trinajstić information content (AvgIpc) is 3.20. The van der Waals surface area contributed by atoms with Crippen molar-refractivity contribution in [3.63, 3.8) is 0 Å². The topological polar surface area (TPSA) is 89.0 Å². The van der Waals surface area contributed by atoms with Gasteiger partial charge in [-0.1, -0.05) is 19.9 Å². The zero-order valence-corrected chi connectivity index (χ0v) is 18.8. The monoisotopic (exact) mass is 448 g/mol. The number of ether oxygens (including phenoxy) is 2. The van der Waals surface area contributed by atoms with Gasteiger partial charge in [0.1, 0.15) is 24.2 Å². The molecule has 1 saturated heterocycles. The third-order valence-corrected chi connectivity index (χ3v) is 5.70. The van der Waals surface area contributed by atoms with Crippen LogP contribution in [-0.2, 0) is 4.79 Å². The Bertz CT molecular complexity index is 1130. The lowest BCUT2D eigenvalue weighted by Crippen LogP contribution is -2.39. The van der Waals surface area contributed by atoms with Gasteiger partial charge in [0, 0.05) is 24.4 Å². The lowest BCUT2D eigenvalue weighted by molar-refractivity contribution is -0.133. The van der Waals surface area contributed by atoms with E-state index in [2.05, 4.69) is 4.98 Å². The molecule has 3 aromatic rings. The Morgan fingerprint density at radius 1 is 1.12 bits per heavy atom.